The van der Waals surface area contributed by atoms with Crippen LogP contribution in [0.2, 0.25) is 0 Å². The van der Waals surface area contributed by atoms with Gasteiger partial charge < -0.3 is 9.84 Å². The summed E-state index contributed by atoms with van der Waals surface area (Å²) in [4.78, 5) is 28.1. The van der Waals surface area contributed by atoms with Gasteiger partial charge in [-0.15, -0.1) is 0 Å². The molecule has 1 amide bonds. The van der Waals surface area contributed by atoms with Crippen LogP contribution in [0.3, 0.4) is 0 Å². The van der Waals surface area contributed by atoms with Crippen LogP contribution in [0.25, 0.3) is 16.8 Å². The van der Waals surface area contributed by atoms with Gasteiger partial charge in [0.2, 0.25) is 5.91 Å². The maximum atomic E-state index is 12.2. The minimum atomic E-state index is -0.240. The van der Waals surface area contributed by atoms with Gasteiger partial charge in [-0.2, -0.15) is 5.10 Å². The number of para-hydroxylation sites is 1. The molecule has 9 heteroatoms. The Bertz CT molecular complexity index is 1130. The zero-order valence-electron chi connectivity index (χ0n) is 14.3. The van der Waals surface area contributed by atoms with Crippen molar-refractivity contribution in [1.82, 2.24) is 29.8 Å². The van der Waals surface area contributed by atoms with Crippen LogP contribution in [0.1, 0.15) is 5.69 Å². The molecule has 0 unspecified atom stereocenters. The molecular weight excluding hydrogens is 348 g/mol. The molecule has 4 rings (SSSR count). The molecule has 3 aromatic heterocycles. The highest BCUT2D eigenvalue weighted by Gasteiger charge is 2.12. The van der Waals surface area contributed by atoms with Crippen molar-refractivity contribution in [2.75, 3.05) is 6.54 Å². The Kier molecular flexibility index (Phi) is 4.48. The summed E-state index contributed by atoms with van der Waals surface area (Å²) < 4.78 is 8.20. The van der Waals surface area contributed by atoms with Gasteiger partial charge in [-0.25, -0.2) is 9.67 Å². The summed E-state index contributed by atoms with van der Waals surface area (Å²) in [5.41, 5.74) is 0.989. The van der Waals surface area contributed by atoms with Gasteiger partial charge >= 0.3 is 0 Å². The Morgan fingerprint density at radius 1 is 1.19 bits per heavy atom. The monoisotopic (exact) mass is 364 g/mol. The molecule has 3 heterocycles. The molecule has 0 spiro atoms. The lowest BCUT2D eigenvalue weighted by atomic mass is 10.1. The van der Waals surface area contributed by atoms with Crippen LogP contribution in [0.5, 0.6) is 0 Å². The Labute approximate surface area is 153 Å². The first-order valence-corrected chi connectivity index (χ1v) is 8.37. The third-order valence-corrected chi connectivity index (χ3v) is 4.05. The fourth-order valence-corrected chi connectivity index (χ4v) is 2.71. The first-order chi connectivity index (χ1) is 13.2. The van der Waals surface area contributed by atoms with Crippen molar-refractivity contribution in [3.8, 4) is 5.82 Å². The fourth-order valence-electron chi connectivity index (χ4n) is 2.71. The topological polar surface area (TPSA) is 108 Å². The van der Waals surface area contributed by atoms with Crippen LogP contribution in [0.15, 0.2) is 64.4 Å². The van der Waals surface area contributed by atoms with Gasteiger partial charge in [-0.3, -0.25) is 14.2 Å². The number of imidazole rings is 1. The molecule has 0 bridgehead atoms. The summed E-state index contributed by atoms with van der Waals surface area (Å²) >= 11 is 0. The predicted octanol–water partition coefficient (Wildman–Crippen LogP) is 0.929. The molecule has 1 aromatic carbocycles. The molecule has 1 N–H and O–H groups in total. The van der Waals surface area contributed by atoms with Crippen molar-refractivity contribution in [2.45, 2.75) is 13.0 Å². The molecule has 136 valence electrons. The Balaban J connectivity index is 1.37. The molecule has 0 saturated heterocycles. The van der Waals surface area contributed by atoms with E-state index in [-0.39, 0.29) is 31.0 Å². The van der Waals surface area contributed by atoms with E-state index in [0.29, 0.717) is 17.1 Å². The van der Waals surface area contributed by atoms with Crippen LogP contribution in [-0.4, -0.2) is 36.9 Å². The van der Waals surface area contributed by atoms with Crippen molar-refractivity contribution < 1.29 is 9.32 Å². The third-order valence-electron chi connectivity index (χ3n) is 4.05. The Morgan fingerprint density at radius 2 is 2.07 bits per heavy atom. The van der Waals surface area contributed by atoms with Gasteiger partial charge in [0.1, 0.15) is 12.0 Å². The zero-order chi connectivity index (χ0) is 18.6. The maximum Gasteiger partial charge on any atom is 0.266 e. The zero-order valence-corrected chi connectivity index (χ0v) is 14.3. The average Bonchev–Trinajstić information content (AvgIpc) is 3.34. The number of aromatic nitrogens is 5. The second-order valence-corrected chi connectivity index (χ2v) is 5.88. The minimum Gasteiger partial charge on any atom is -0.356 e. The first-order valence-electron chi connectivity index (χ1n) is 8.37. The van der Waals surface area contributed by atoms with E-state index in [4.69, 9.17) is 4.52 Å². The number of hydrogen-bond donors (Lipinski definition) is 1. The smallest absolute Gasteiger partial charge is 0.266 e. The fraction of sp³-hybridized carbons (Fsp3) is 0.167. The van der Waals surface area contributed by atoms with E-state index in [1.807, 2.05) is 18.2 Å². The highest BCUT2D eigenvalue weighted by molar-refractivity contribution is 5.86. The number of nitrogens with one attached hydrogen (secondary N) is 1. The van der Waals surface area contributed by atoms with Gasteiger partial charge in [-0.1, -0.05) is 17.3 Å². The Morgan fingerprint density at radius 3 is 2.93 bits per heavy atom. The highest BCUT2D eigenvalue weighted by atomic mass is 16.5. The number of fused-ring (bicyclic) bond motifs is 1. The van der Waals surface area contributed by atoms with Crippen LogP contribution in [-0.2, 0) is 17.8 Å². The van der Waals surface area contributed by atoms with E-state index < -0.39 is 0 Å². The molecule has 0 aliphatic rings. The lowest BCUT2D eigenvalue weighted by molar-refractivity contribution is -0.120. The largest absolute Gasteiger partial charge is 0.356 e. The number of nitrogens with zero attached hydrogens (tertiary/aromatic N) is 5. The van der Waals surface area contributed by atoms with Crippen LogP contribution >= 0.6 is 0 Å². The quantitative estimate of drug-likeness (QED) is 0.545. The SMILES string of the molecule is O=C(Cc1noc2ccccc12)NCCn1nc(-n2ccnc2)ccc1=O. The number of benzene rings is 1. The molecule has 27 heavy (non-hydrogen) atoms. The lowest BCUT2D eigenvalue weighted by Crippen LogP contribution is -2.33. The molecule has 0 aliphatic heterocycles. The van der Waals surface area contributed by atoms with Crippen molar-refractivity contribution in [1.29, 1.82) is 0 Å². The Hall–Kier alpha value is -3.75. The first kappa shape index (κ1) is 16.7. The van der Waals surface area contributed by atoms with E-state index in [2.05, 4.69) is 20.6 Å². The number of rotatable bonds is 6. The van der Waals surface area contributed by atoms with Gasteiger partial charge in [-0.05, 0) is 18.2 Å². The summed E-state index contributed by atoms with van der Waals surface area (Å²) in [5.74, 6) is 0.375. The molecule has 0 atom stereocenters. The van der Waals surface area contributed by atoms with Crippen LogP contribution in [0.4, 0.5) is 0 Å². The maximum absolute atomic E-state index is 12.2. The van der Waals surface area contributed by atoms with Gasteiger partial charge in [0.15, 0.2) is 11.4 Å². The molecule has 0 radical (unpaired) electrons. The van der Waals surface area contributed by atoms with Crippen molar-refractivity contribution in [3.63, 3.8) is 0 Å². The number of hydrogen-bond acceptors (Lipinski definition) is 6. The van der Waals surface area contributed by atoms with E-state index in [1.54, 1.807) is 35.4 Å². The average molecular weight is 364 g/mol. The number of carbonyl (C=O) groups excluding carboxylic acids is 1. The molecular formula is C18H16N6O3. The molecule has 0 aliphatic carbocycles. The number of carbonyl (C=O) groups is 1. The summed E-state index contributed by atoms with van der Waals surface area (Å²) in [7, 11) is 0. The third kappa shape index (κ3) is 3.61. The van der Waals surface area contributed by atoms with Gasteiger partial charge in [0.05, 0.1) is 13.0 Å². The van der Waals surface area contributed by atoms with Crippen LogP contribution in [0, 0.1) is 0 Å². The lowest BCUT2D eigenvalue weighted by Gasteiger charge is -2.08. The van der Waals surface area contributed by atoms with Crippen molar-refractivity contribution in [3.05, 3.63) is 71.2 Å². The number of amides is 1. The second kappa shape index (κ2) is 7.24. The minimum absolute atomic E-state index is 0.106. The van der Waals surface area contributed by atoms with E-state index in [9.17, 15) is 9.59 Å². The summed E-state index contributed by atoms with van der Waals surface area (Å²) in [6, 6.07) is 10.4. The van der Waals surface area contributed by atoms with E-state index >= 15 is 0 Å². The molecule has 0 saturated carbocycles. The summed E-state index contributed by atoms with van der Waals surface area (Å²) in [6.45, 7) is 0.529. The summed E-state index contributed by atoms with van der Waals surface area (Å²) in [6.07, 6.45) is 5.07. The second-order valence-electron chi connectivity index (χ2n) is 5.88. The van der Waals surface area contributed by atoms with Gasteiger partial charge in [0, 0.05) is 30.4 Å². The van der Waals surface area contributed by atoms with Crippen molar-refractivity contribution in [2.24, 2.45) is 0 Å². The van der Waals surface area contributed by atoms with Crippen molar-refractivity contribution >= 4 is 16.9 Å². The molecule has 0 fully saturated rings. The normalized spacial score (nSPS) is 11.0. The standard InChI is InChI=1S/C18H16N6O3/c25-17(11-14-13-3-1-2-4-15(13)27-22-14)20-8-10-24-18(26)6-5-16(21-24)23-9-7-19-12-23/h1-7,9,12H,8,10-11H2,(H,20,25). The van der Waals surface area contributed by atoms with E-state index in [1.165, 1.54) is 10.7 Å². The van der Waals surface area contributed by atoms with Crippen LogP contribution < -0.4 is 10.9 Å². The highest BCUT2D eigenvalue weighted by Crippen LogP contribution is 2.17. The van der Waals surface area contributed by atoms with E-state index in [0.717, 1.165) is 5.39 Å². The molecule has 4 aromatic rings. The summed E-state index contributed by atoms with van der Waals surface area (Å²) in [5, 5.41) is 11.8. The molecule has 9 nitrogen and oxygen atoms in total. The van der Waals surface area contributed by atoms with Gasteiger partial charge in [0.25, 0.3) is 5.56 Å². The predicted molar refractivity (Wildman–Crippen MR) is 96.3 cm³/mol.